The van der Waals surface area contributed by atoms with E-state index in [0.717, 1.165) is 25.1 Å². The molecule has 3 N–H and O–H groups in total. The van der Waals surface area contributed by atoms with Crippen molar-refractivity contribution in [3.8, 4) is 0 Å². The maximum Gasteiger partial charge on any atom is 0.255 e. The minimum atomic E-state index is -0.152. The Labute approximate surface area is 160 Å². The van der Waals surface area contributed by atoms with Gasteiger partial charge in [-0.05, 0) is 48.1 Å². The maximum atomic E-state index is 13.0. The number of nitrogens with zero attached hydrogens (tertiary/aromatic N) is 1. The van der Waals surface area contributed by atoms with Gasteiger partial charge in [-0.3, -0.25) is 9.59 Å². The number of anilines is 2. The number of nitrogens with two attached hydrogens (primary N) is 1. The summed E-state index contributed by atoms with van der Waals surface area (Å²) in [5.41, 5.74) is 8.34. The van der Waals surface area contributed by atoms with Crippen molar-refractivity contribution in [2.45, 2.75) is 26.7 Å². The Hall–Kier alpha value is -2.82. The Morgan fingerprint density at radius 1 is 1.04 bits per heavy atom. The Kier molecular flexibility index (Phi) is 5.79. The molecule has 2 aromatic carbocycles. The second-order valence-corrected chi connectivity index (χ2v) is 7.67. The van der Waals surface area contributed by atoms with E-state index in [1.54, 1.807) is 24.3 Å². The lowest BCUT2D eigenvalue weighted by molar-refractivity contribution is -0.115. The van der Waals surface area contributed by atoms with E-state index in [1.807, 2.05) is 29.2 Å². The average molecular weight is 365 g/mol. The summed E-state index contributed by atoms with van der Waals surface area (Å²) < 4.78 is 0. The number of piperidine rings is 1. The number of carbonyl (C=O) groups is 2. The summed E-state index contributed by atoms with van der Waals surface area (Å²) in [6, 6.07) is 14.5. The zero-order chi connectivity index (χ0) is 19.4. The summed E-state index contributed by atoms with van der Waals surface area (Å²) in [6.07, 6.45) is 1.38. The summed E-state index contributed by atoms with van der Waals surface area (Å²) in [6.45, 7) is 5.88. The number of para-hydroxylation sites is 1. The lowest BCUT2D eigenvalue weighted by Gasteiger charge is -2.35. The van der Waals surface area contributed by atoms with E-state index in [-0.39, 0.29) is 18.2 Å². The van der Waals surface area contributed by atoms with Gasteiger partial charge in [-0.1, -0.05) is 38.1 Å². The minimum Gasteiger partial charge on any atom is -0.399 e. The molecule has 2 atom stereocenters. The van der Waals surface area contributed by atoms with Gasteiger partial charge in [0.1, 0.15) is 0 Å². The molecular formula is C22H27N3O2. The summed E-state index contributed by atoms with van der Waals surface area (Å²) in [4.78, 5) is 27.4. The first kappa shape index (κ1) is 19.0. The van der Waals surface area contributed by atoms with Crippen LogP contribution in [-0.2, 0) is 11.2 Å². The molecule has 2 amide bonds. The first-order valence-corrected chi connectivity index (χ1v) is 9.45. The molecule has 5 nitrogen and oxygen atoms in total. The SMILES string of the molecule is CC1CC(C)CN(C(=O)c2ccccc2NC(=O)Cc2ccc(N)cc2)C1. The lowest BCUT2D eigenvalue weighted by atomic mass is 9.91. The highest BCUT2D eigenvalue weighted by Gasteiger charge is 2.27. The van der Waals surface area contributed by atoms with Crippen LogP contribution in [-0.4, -0.2) is 29.8 Å². The molecule has 0 aliphatic carbocycles. The summed E-state index contributed by atoms with van der Waals surface area (Å²) >= 11 is 0. The number of nitrogen functional groups attached to an aromatic ring is 1. The van der Waals surface area contributed by atoms with Gasteiger partial charge < -0.3 is 16.0 Å². The van der Waals surface area contributed by atoms with Crippen molar-refractivity contribution in [2.24, 2.45) is 11.8 Å². The standard InChI is InChI=1S/C22H27N3O2/c1-15-11-16(2)14-25(13-15)22(27)19-5-3-4-6-20(19)24-21(26)12-17-7-9-18(23)10-8-17/h3-10,15-16H,11-14,23H2,1-2H3,(H,24,26). The van der Waals surface area contributed by atoms with Crippen LogP contribution in [0.25, 0.3) is 0 Å². The molecule has 0 bridgehead atoms. The molecule has 1 saturated heterocycles. The van der Waals surface area contributed by atoms with Crippen molar-refractivity contribution in [3.05, 3.63) is 59.7 Å². The highest BCUT2D eigenvalue weighted by Crippen LogP contribution is 2.25. The van der Waals surface area contributed by atoms with E-state index >= 15 is 0 Å². The zero-order valence-electron chi connectivity index (χ0n) is 15.9. The smallest absolute Gasteiger partial charge is 0.255 e. The molecule has 27 heavy (non-hydrogen) atoms. The molecule has 3 rings (SSSR count). The van der Waals surface area contributed by atoms with Gasteiger partial charge in [0.15, 0.2) is 0 Å². The quantitative estimate of drug-likeness (QED) is 0.814. The van der Waals surface area contributed by atoms with E-state index < -0.39 is 0 Å². The van der Waals surface area contributed by atoms with Gasteiger partial charge in [0.25, 0.3) is 5.91 Å². The van der Waals surface area contributed by atoms with Gasteiger partial charge in [-0.25, -0.2) is 0 Å². The Morgan fingerprint density at radius 3 is 2.33 bits per heavy atom. The lowest BCUT2D eigenvalue weighted by Crippen LogP contribution is -2.42. The molecule has 0 aromatic heterocycles. The van der Waals surface area contributed by atoms with Crippen LogP contribution in [0.5, 0.6) is 0 Å². The second kappa shape index (κ2) is 8.25. The molecule has 1 fully saturated rings. The molecule has 2 unspecified atom stereocenters. The van der Waals surface area contributed by atoms with Crippen molar-refractivity contribution in [1.82, 2.24) is 4.90 Å². The molecule has 0 radical (unpaired) electrons. The minimum absolute atomic E-state index is 0.0169. The molecular weight excluding hydrogens is 338 g/mol. The molecule has 2 aromatic rings. The van der Waals surface area contributed by atoms with Crippen LogP contribution in [0.3, 0.4) is 0 Å². The van der Waals surface area contributed by atoms with E-state index in [2.05, 4.69) is 19.2 Å². The molecule has 0 saturated carbocycles. The average Bonchev–Trinajstić information content (AvgIpc) is 2.63. The maximum absolute atomic E-state index is 13.0. The largest absolute Gasteiger partial charge is 0.399 e. The van der Waals surface area contributed by atoms with E-state index in [9.17, 15) is 9.59 Å². The van der Waals surface area contributed by atoms with Gasteiger partial charge in [0.05, 0.1) is 17.7 Å². The van der Waals surface area contributed by atoms with E-state index in [1.165, 1.54) is 0 Å². The fraction of sp³-hybridized carbons (Fsp3) is 0.364. The first-order chi connectivity index (χ1) is 12.9. The Morgan fingerprint density at radius 2 is 1.67 bits per heavy atom. The van der Waals surface area contributed by atoms with Gasteiger partial charge in [0, 0.05) is 18.8 Å². The van der Waals surface area contributed by atoms with Crippen LogP contribution in [0, 0.1) is 11.8 Å². The van der Waals surface area contributed by atoms with Crippen molar-refractivity contribution in [2.75, 3.05) is 24.1 Å². The molecule has 1 heterocycles. The van der Waals surface area contributed by atoms with Crippen molar-refractivity contribution in [1.29, 1.82) is 0 Å². The number of hydrogen-bond acceptors (Lipinski definition) is 3. The van der Waals surface area contributed by atoms with Gasteiger partial charge in [0.2, 0.25) is 5.91 Å². The summed E-state index contributed by atoms with van der Waals surface area (Å²) in [5.74, 6) is 0.812. The van der Waals surface area contributed by atoms with Crippen molar-refractivity contribution >= 4 is 23.2 Å². The highest BCUT2D eigenvalue weighted by atomic mass is 16.2. The third-order valence-corrected chi connectivity index (χ3v) is 4.93. The van der Waals surface area contributed by atoms with Crippen LogP contribution in [0.2, 0.25) is 0 Å². The van der Waals surface area contributed by atoms with Crippen molar-refractivity contribution < 1.29 is 9.59 Å². The predicted molar refractivity (Wildman–Crippen MR) is 108 cm³/mol. The summed E-state index contributed by atoms with van der Waals surface area (Å²) in [5, 5.41) is 2.90. The number of rotatable bonds is 4. The van der Waals surface area contributed by atoms with Gasteiger partial charge >= 0.3 is 0 Å². The summed E-state index contributed by atoms with van der Waals surface area (Å²) in [7, 11) is 0. The molecule has 5 heteroatoms. The molecule has 1 aliphatic rings. The van der Waals surface area contributed by atoms with Crippen LogP contribution in [0.4, 0.5) is 11.4 Å². The van der Waals surface area contributed by atoms with Crippen LogP contribution < -0.4 is 11.1 Å². The zero-order valence-corrected chi connectivity index (χ0v) is 15.9. The van der Waals surface area contributed by atoms with Gasteiger partial charge in [-0.15, -0.1) is 0 Å². The number of likely N-dealkylation sites (tertiary alicyclic amines) is 1. The van der Waals surface area contributed by atoms with Crippen LogP contribution >= 0.6 is 0 Å². The normalized spacial score (nSPS) is 19.6. The number of amides is 2. The molecule has 0 spiro atoms. The first-order valence-electron chi connectivity index (χ1n) is 9.45. The number of nitrogens with one attached hydrogen (secondary N) is 1. The fourth-order valence-electron chi connectivity index (χ4n) is 3.79. The molecule has 1 aliphatic heterocycles. The number of carbonyl (C=O) groups excluding carboxylic acids is 2. The van der Waals surface area contributed by atoms with Crippen LogP contribution in [0.1, 0.15) is 36.2 Å². The van der Waals surface area contributed by atoms with E-state index in [0.29, 0.717) is 28.8 Å². The topological polar surface area (TPSA) is 75.4 Å². The third kappa shape index (κ3) is 4.88. The fourth-order valence-corrected chi connectivity index (χ4v) is 3.79. The number of hydrogen-bond donors (Lipinski definition) is 2. The van der Waals surface area contributed by atoms with Crippen LogP contribution in [0.15, 0.2) is 48.5 Å². The Bertz CT molecular complexity index is 807. The second-order valence-electron chi connectivity index (χ2n) is 7.67. The van der Waals surface area contributed by atoms with E-state index in [4.69, 9.17) is 5.73 Å². The monoisotopic (exact) mass is 365 g/mol. The van der Waals surface area contributed by atoms with Crippen molar-refractivity contribution in [3.63, 3.8) is 0 Å². The highest BCUT2D eigenvalue weighted by molar-refractivity contribution is 6.04. The molecule has 142 valence electrons. The van der Waals surface area contributed by atoms with Gasteiger partial charge in [-0.2, -0.15) is 0 Å². The number of benzene rings is 2. The predicted octanol–water partition coefficient (Wildman–Crippen LogP) is 3.57. The third-order valence-electron chi connectivity index (χ3n) is 4.93. The Balaban J connectivity index is 1.72.